The number of amides is 2. The Bertz CT molecular complexity index is 865. The molecule has 0 aliphatic heterocycles. The average Bonchev–Trinajstić information content (AvgIpc) is 3.19. The van der Waals surface area contributed by atoms with Crippen LogP contribution in [0.2, 0.25) is 0 Å². The molecule has 1 aromatic carbocycles. The monoisotopic (exact) mass is 367 g/mol. The maximum absolute atomic E-state index is 12.2. The van der Waals surface area contributed by atoms with Gasteiger partial charge in [-0.05, 0) is 54.8 Å². The van der Waals surface area contributed by atoms with Crippen molar-refractivity contribution in [1.82, 2.24) is 10.3 Å². The lowest BCUT2D eigenvalue weighted by molar-refractivity contribution is -0.117. The molecule has 132 valence electrons. The number of aromatic nitrogens is 1. The lowest BCUT2D eigenvalue weighted by Gasteiger charge is -2.14. The molecular weight excluding hydrogens is 350 g/mol. The molecular formula is C19H17N3O3S. The number of pyridine rings is 1. The third kappa shape index (κ3) is 4.67. The van der Waals surface area contributed by atoms with E-state index in [2.05, 4.69) is 15.6 Å². The number of carbonyl (C=O) groups is 2. The first-order chi connectivity index (χ1) is 12.6. The Balaban J connectivity index is 1.54. The van der Waals surface area contributed by atoms with Gasteiger partial charge in [-0.3, -0.25) is 14.6 Å². The van der Waals surface area contributed by atoms with Crippen LogP contribution in [0.1, 0.15) is 16.6 Å². The van der Waals surface area contributed by atoms with Crippen molar-refractivity contribution in [1.29, 1.82) is 0 Å². The van der Waals surface area contributed by atoms with Gasteiger partial charge in [0, 0.05) is 18.1 Å². The van der Waals surface area contributed by atoms with E-state index in [-0.39, 0.29) is 11.8 Å². The Morgan fingerprint density at radius 1 is 1.04 bits per heavy atom. The molecule has 2 aromatic heterocycles. The van der Waals surface area contributed by atoms with Gasteiger partial charge >= 0.3 is 0 Å². The lowest BCUT2D eigenvalue weighted by Crippen LogP contribution is -2.41. The number of anilines is 1. The zero-order chi connectivity index (χ0) is 18.4. The largest absolute Gasteiger partial charge is 0.457 e. The van der Waals surface area contributed by atoms with Crippen LogP contribution in [0.15, 0.2) is 66.3 Å². The molecule has 0 aliphatic carbocycles. The summed E-state index contributed by atoms with van der Waals surface area (Å²) in [6, 6.07) is 13.4. The Morgan fingerprint density at radius 2 is 1.73 bits per heavy atom. The third-order valence-electron chi connectivity index (χ3n) is 3.49. The highest BCUT2D eigenvalue weighted by molar-refractivity contribution is 7.12. The van der Waals surface area contributed by atoms with Crippen LogP contribution in [0.4, 0.5) is 5.69 Å². The number of ether oxygens (including phenoxy) is 1. The van der Waals surface area contributed by atoms with Gasteiger partial charge in [0.1, 0.15) is 17.5 Å². The highest BCUT2D eigenvalue weighted by Crippen LogP contribution is 2.22. The van der Waals surface area contributed by atoms with Crippen LogP contribution >= 0.6 is 11.3 Å². The van der Waals surface area contributed by atoms with Crippen molar-refractivity contribution in [2.24, 2.45) is 0 Å². The molecule has 2 amide bonds. The van der Waals surface area contributed by atoms with Crippen molar-refractivity contribution in [2.45, 2.75) is 13.0 Å². The molecule has 0 fully saturated rings. The van der Waals surface area contributed by atoms with Gasteiger partial charge in [0.05, 0.1) is 4.88 Å². The van der Waals surface area contributed by atoms with Gasteiger partial charge in [-0.15, -0.1) is 11.3 Å². The third-order valence-corrected chi connectivity index (χ3v) is 4.36. The number of thiophene rings is 1. The summed E-state index contributed by atoms with van der Waals surface area (Å²) in [4.78, 5) is 28.7. The number of hydrogen-bond donors (Lipinski definition) is 2. The number of hydrogen-bond acceptors (Lipinski definition) is 5. The minimum atomic E-state index is -0.655. The van der Waals surface area contributed by atoms with E-state index in [1.54, 1.807) is 67.8 Å². The highest BCUT2D eigenvalue weighted by Gasteiger charge is 2.17. The van der Waals surface area contributed by atoms with E-state index in [1.165, 1.54) is 11.3 Å². The van der Waals surface area contributed by atoms with Gasteiger partial charge < -0.3 is 15.4 Å². The smallest absolute Gasteiger partial charge is 0.261 e. The number of nitrogens with zero attached hydrogens (tertiary/aromatic N) is 1. The van der Waals surface area contributed by atoms with Gasteiger partial charge in [0.15, 0.2) is 0 Å². The Kier molecular flexibility index (Phi) is 5.60. The summed E-state index contributed by atoms with van der Waals surface area (Å²) in [6.07, 6.45) is 3.30. The molecule has 1 unspecified atom stereocenters. The van der Waals surface area contributed by atoms with Crippen LogP contribution in [0.3, 0.4) is 0 Å². The molecule has 7 heteroatoms. The van der Waals surface area contributed by atoms with Crippen LogP contribution in [0, 0.1) is 0 Å². The van der Waals surface area contributed by atoms with E-state index in [0.717, 1.165) is 0 Å². The predicted molar refractivity (Wildman–Crippen MR) is 101 cm³/mol. The van der Waals surface area contributed by atoms with Gasteiger partial charge in [0.2, 0.25) is 5.91 Å². The first-order valence-electron chi connectivity index (χ1n) is 7.95. The summed E-state index contributed by atoms with van der Waals surface area (Å²) in [5.74, 6) is 0.774. The molecule has 0 saturated carbocycles. The van der Waals surface area contributed by atoms with Crippen molar-refractivity contribution in [3.8, 4) is 11.5 Å². The maximum Gasteiger partial charge on any atom is 0.261 e. The molecule has 0 bridgehead atoms. The molecule has 3 rings (SSSR count). The van der Waals surface area contributed by atoms with Crippen molar-refractivity contribution in [2.75, 3.05) is 5.32 Å². The Labute approximate surface area is 154 Å². The number of nitrogens with one attached hydrogen (secondary N) is 2. The average molecular weight is 367 g/mol. The quantitative estimate of drug-likeness (QED) is 0.696. The minimum Gasteiger partial charge on any atom is -0.457 e. The summed E-state index contributed by atoms with van der Waals surface area (Å²) in [7, 11) is 0. The maximum atomic E-state index is 12.2. The van der Waals surface area contributed by atoms with Crippen LogP contribution in [0.5, 0.6) is 11.5 Å². The van der Waals surface area contributed by atoms with Crippen molar-refractivity contribution >= 4 is 28.8 Å². The van der Waals surface area contributed by atoms with E-state index < -0.39 is 6.04 Å². The van der Waals surface area contributed by atoms with Crippen LogP contribution < -0.4 is 15.4 Å². The summed E-state index contributed by atoms with van der Waals surface area (Å²) in [6.45, 7) is 1.64. The molecule has 2 N–H and O–H groups in total. The normalized spacial score (nSPS) is 11.4. The van der Waals surface area contributed by atoms with E-state index >= 15 is 0 Å². The molecule has 0 saturated heterocycles. The Morgan fingerprint density at radius 3 is 2.38 bits per heavy atom. The summed E-state index contributed by atoms with van der Waals surface area (Å²) in [5, 5.41) is 7.26. The molecule has 0 spiro atoms. The topological polar surface area (TPSA) is 80.3 Å². The second-order valence-corrected chi connectivity index (χ2v) is 6.42. The van der Waals surface area contributed by atoms with Crippen molar-refractivity contribution in [3.63, 3.8) is 0 Å². The predicted octanol–water partition coefficient (Wildman–Crippen LogP) is 3.69. The van der Waals surface area contributed by atoms with Gasteiger partial charge in [0.25, 0.3) is 5.91 Å². The molecule has 26 heavy (non-hydrogen) atoms. The van der Waals surface area contributed by atoms with Crippen LogP contribution in [-0.4, -0.2) is 22.8 Å². The van der Waals surface area contributed by atoms with E-state index in [1.807, 2.05) is 5.38 Å². The fraction of sp³-hybridized carbons (Fsp3) is 0.105. The number of rotatable bonds is 6. The molecule has 0 aliphatic rings. The molecule has 2 heterocycles. The second kappa shape index (κ2) is 8.26. The fourth-order valence-corrected chi connectivity index (χ4v) is 2.77. The van der Waals surface area contributed by atoms with Crippen molar-refractivity contribution in [3.05, 3.63) is 71.2 Å². The van der Waals surface area contributed by atoms with E-state index in [4.69, 9.17) is 4.74 Å². The molecule has 3 aromatic rings. The fourth-order valence-electron chi connectivity index (χ4n) is 2.14. The van der Waals surface area contributed by atoms with Crippen LogP contribution in [0.25, 0.3) is 0 Å². The van der Waals surface area contributed by atoms with Gasteiger partial charge in [-0.25, -0.2) is 0 Å². The SMILES string of the molecule is CC(NC(=O)c1cccs1)C(=O)Nc1ccc(Oc2ccncc2)cc1. The Hall–Kier alpha value is -3.19. The minimum absolute atomic E-state index is 0.260. The summed E-state index contributed by atoms with van der Waals surface area (Å²) in [5.41, 5.74) is 0.620. The molecule has 6 nitrogen and oxygen atoms in total. The number of benzene rings is 1. The standard InChI is InChI=1S/C19H17N3O3S/c1-13(21-19(24)17-3-2-12-26-17)18(23)22-14-4-6-15(7-5-14)25-16-8-10-20-11-9-16/h2-13H,1H3,(H,21,24)(H,22,23). The zero-order valence-corrected chi connectivity index (χ0v) is 14.8. The highest BCUT2D eigenvalue weighted by atomic mass is 32.1. The first kappa shape index (κ1) is 17.6. The molecule has 1 atom stereocenters. The second-order valence-electron chi connectivity index (χ2n) is 5.47. The summed E-state index contributed by atoms with van der Waals surface area (Å²) >= 11 is 1.33. The van der Waals surface area contributed by atoms with Crippen molar-refractivity contribution < 1.29 is 14.3 Å². The van der Waals surface area contributed by atoms with Gasteiger partial charge in [-0.1, -0.05) is 6.07 Å². The van der Waals surface area contributed by atoms with E-state index in [0.29, 0.717) is 22.1 Å². The molecule has 0 radical (unpaired) electrons. The van der Waals surface area contributed by atoms with Gasteiger partial charge in [-0.2, -0.15) is 0 Å². The zero-order valence-electron chi connectivity index (χ0n) is 14.0. The summed E-state index contributed by atoms with van der Waals surface area (Å²) < 4.78 is 5.67. The number of carbonyl (C=O) groups excluding carboxylic acids is 2. The lowest BCUT2D eigenvalue weighted by atomic mass is 10.2. The van der Waals surface area contributed by atoms with E-state index in [9.17, 15) is 9.59 Å². The first-order valence-corrected chi connectivity index (χ1v) is 8.83. The van der Waals surface area contributed by atoms with Crippen LogP contribution in [-0.2, 0) is 4.79 Å².